The van der Waals surface area contributed by atoms with Gasteiger partial charge in [0.2, 0.25) is 5.91 Å². The van der Waals surface area contributed by atoms with Crippen molar-refractivity contribution >= 4 is 52.0 Å². The second kappa shape index (κ2) is 8.14. The number of aryl methyl sites for hydroxylation is 1. The summed E-state index contributed by atoms with van der Waals surface area (Å²) in [6.45, 7) is 0.890. The molecular weight excluding hydrogens is 414 g/mol. The molecule has 0 aliphatic carbocycles. The molecule has 2 aliphatic rings. The van der Waals surface area contributed by atoms with Crippen LogP contribution in [0.3, 0.4) is 0 Å². The Labute approximate surface area is 177 Å². The molecule has 0 spiro atoms. The van der Waals surface area contributed by atoms with Gasteiger partial charge in [0, 0.05) is 30.8 Å². The molecule has 0 saturated heterocycles. The predicted molar refractivity (Wildman–Crippen MR) is 112 cm³/mol. The summed E-state index contributed by atoms with van der Waals surface area (Å²) in [5.41, 5.74) is 3.44. The number of hydrogen-bond donors (Lipinski definition) is 2. The molecule has 1 aromatic heterocycles. The molecule has 1 unspecified atom stereocenters. The number of nitrogens with zero attached hydrogens (tertiary/aromatic N) is 1. The Bertz CT molecular complexity index is 990. The number of halogens is 1. The molecule has 3 amide bonds. The highest BCUT2D eigenvalue weighted by Gasteiger charge is 2.32. The zero-order valence-corrected chi connectivity index (χ0v) is 17.4. The second-order valence-corrected chi connectivity index (χ2v) is 8.75. The molecule has 0 radical (unpaired) electrons. The van der Waals surface area contributed by atoms with Crippen LogP contribution in [0.4, 0.5) is 11.4 Å². The summed E-state index contributed by atoms with van der Waals surface area (Å²) < 4.78 is 6.00. The van der Waals surface area contributed by atoms with Gasteiger partial charge in [0.05, 0.1) is 16.4 Å². The normalized spacial score (nSPS) is 15.8. The smallest absolute Gasteiger partial charge is 0.313 e. The third kappa shape index (κ3) is 4.01. The molecule has 9 heteroatoms. The zero-order chi connectivity index (χ0) is 20.5. The van der Waals surface area contributed by atoms with Gasteiger partial charge in [-0.2, -0.15) is 0 Å². The highest BCUT2D eigenvalue weighted by Crippen LogP contribution is 2.38. The van der Waals surface area contributed by atoms with Crippen molar-refractivity contribution in [2.24, 2.45) is 0 Å². The van der Waals surface area contributed by atoms with Crippen molar-refractivity contribution in [3.63, 3.8) is 0 Å². The minimum absolute atomic E-state index is 0.0847. The molecule has 4 rings (SSSR count). The fourth-order valence-electron chi connectivity index (χ4n) is 3.81. The molecule has 29 heavy (non-hydrogen) atoms. The maximum atomic E-state index is 12.3. The molecule has 2 N–H and O–H groups in total. The molecule has 3 heterocycles. The van der Waals surface area contributed by atoms with Gasteiger partial charge in [0.1, 0.15) is 6.10 Å². The third-order valence-electron chi connectivity index (χ3n) is 5.12. The number of thiophene rings is 1. The zero-order valence-electron chi connectivity index (χ0n) is 15.8. The number of benzene rings is 1. The number of amides is 3. The summed E-state index contributed by atoms with van der Waals surface area (Å²) in [4.78, 5) is 39.4. The van der Waals surface area contributed by atoms with Gasteiger partial charge in [-0.05, 0) is 48.2 Å². The first-order chi connectivity index (χ1) is 14.0. The van der Waals surface area contributed by atoms with E-state index < -0.39 is 11.8 Å². The van der Waals surface area contributed by atoms with Gasteiger partial charge in [-0.1, -0.05) is 11.6 Å². The van der Waals surface area contributed by atoms with E-state index in [0.29, 0.717) is 16.4 Å². The number of anilines is 2. The maximum Gasteiger partial charge on any atom is 0.313 e. The van der Waals surface area contributed by atoms with E-state index in [-0.39, 0.29) is 18.6 Å². The van der Waals surface area contributed by atoms with E-state index in [0.717, 1.165) is 41.1 Å². The summed E-state index contributed by atoms with van der Waals surface area (Å²) in [5.74, 6) is -1.42. The number of carbonyl (C=O) groups is 3. The minimum Gasteiger partial charge on any atom is -0.374 e. The predicted octanol–water partition coefficient (Wildman–Crippen LogP) is 2.68. The van der Waals surface area contributed by atoms with E-state index in [2.05, 4.69) is 10.6 Å². The highest BCUT2D eigenvalue weighted by molar-refractivity contribution is 7.16. The molecule has 1 aromatic carbocycles. The topological polar surface area (TPSA) is 87.7 Å². The summed E-state index contributed by atoms with van der Waals surface area (Å²) in [6.07, 6.45) is 1.69. The van der Waals surface area contributed by atoms with E-state index in [1.54, 1.807) is 12.1 Å². The fourth-order valence-corrected chi connectivity index (χ4v) is 4.94. The van der Waals surface area contributed by atoms with Crippen molar-refractivity contribution in [1.82, 2.24) is 5.32 Å². The van der Waals surface area contributed by atoms with Crippen LogP contribution in [0.1, 0.15) is 28.5 Å². The van der Waals surface area contributed by atoms with Crippen LogP contribution < -0.4 is 15.5 Å². The largest absolute Gasteiger partial charge is 0.374 e. The fraction of sp³-hybridized carbons (Fsp3) is 0.350. The van der Waals surface area contributed by atoms with Gasteiger partial charge in [0.25, 0.3) is 0 Å². The van der Waals surface area contributed by atoms with Crippen LogP contribution >= 0.6 is 22.9 Å². The number of nitrogens with one attached hydrogen (secondary N) is 2. The molecule has 1 atom stereocenters. The van der Waals surface area contributed by atoms with Crippen molar-refractivity contribution in [3.05, 3.63) is 44.6 Å². The summed E-state index contributed by atoms with van der Waals surface area (Å²) in [5, 5.41) is 5.24. The average Bonchev–Trinajstić information content (AvgIpc) is 3.27. The van der Waals surface area contributed by atoms with Crippen molar-refractivity contribution in [1.29, 1.82) is 0 Å². The van der Waals surface area contributed by atoms with Crippen molar-refractivity contribution < 1.29 is 19.1 Å². The summed E-state index contributed by atoms with van der Waals surface area (Å²) in [6, 6.07) is 7.21. The van der Waals surface area contributed by atoms with E-state index >= 15 is 0 Å². The van der Waals surface area contributed by atoms with Crippen LogP contribution in [0.2, 0.25) is 4.34 Å². The lowest BCUT2D eigenvalue weighted by atomic mass is 9.99. The molecule has 0 fully saturated rings. The highest BCUT2D eigenvalue weighted by atomic mass is 35.5. The third-order valence-corrected chi connectivity index (χ3v) is 6.44. The standard InChI is InChI=1S/C20H20ClN3O4S/c1-28-14(15-4-5-16(21)29-15)10-22-19(26)20(27)23-13-7-11-3-2-6-24-17(25)9-12(8-13)18(11)24/h4-5,7-8,14H,2-3,6,9-10H2,1H3,(H,22,26)(H,23,27). The maximum absolute atomic E-state index is 12.3. The van der Waals surface area contributed by atoms with Crippen LogP contribution in [0.25, 0.3) is 0 Å². The Morgan fingerprint density at radius 3 is 2.79 bits per heavy atom. The van der Waals surface area contributed by atoms with Crippen molar-refractivity contribution in [3.8, 4) is 0 Å². The van der Waals surface area contributed by atoms with Gasteiger partial charge in [0.15, 0.2) is 0 Å². The monoisotopic (exact) mass is 433 g/mol. The van der Waals surface area contributed by atoms with Crippen LogP contribution in [0.15, 0.2) is 24.3 Å². The van der Waals surface area contributed by atoms with Crippen molar-refractivity contribution in [2.75, 3.05) is 30.4 Å². The van der Waals surface area contributed by atoms with Gasteiger partial charge in [-0.15, -0.1) is 11.3 Å². The number of methoxy groups -OCH3 is 1. The molecular formula is C20H20ClN3O4S. The Hall–Kier alpha value is -2.42. The lowest BCUT2D eigenvalue weighted by molar-refractivity contribution is -0.136. The molecule has 0 bridgehead atoms. The Balaban J connectivity index is 1.40. The lowest BCUT2D eigenvalue weighted by Gasteiger charge is -2.26. The number of rotatable bonds is 5. The van der Waals surface area contributed by atoms with Crippen LogP contribution in [-0.2, 0) is 32.0 Å². The number of ether oxygens (including phenoxy) is 1. The first kappa shape index (κ1) is 19.9. The van der Waals surface area contributed by atoms with Gasteiger partial charge in [-0.3, -0.25) is 14.4 Å². The van der Waals surface area contributed by atoms with Crippen LogP contribution in [-0.4, -0.2) is 37.9 Å². The summed E-state index contributed by atoms with van der Waals surface area (Å²) >= 11 is 7.30. The van der Waals surface area contributed by atoms with Gasteiger partial charge in [-0.25, -0.2) is 0 Å². The van der Waals surface area contributed by atoms with Crippen LogP contribution in [0, 0.1) is 0 Å². The van der Waals surface area contributed by atoms with Gasteiger partial charge < -0.3 is 20.3 Å². The van der Waals surface area contributed by atoms with Gasteiger partial charge >= 0.3 is 11.8 Å². The Kier molecular flexibility index (Phi) is 5.58. The molecule has 2 aliphatic heterocycles. The Morgan fingerprint density at radius 1 is 1.28 bits per heavy atom. The SMILES string of the molecule is COC(CNC(=O)C(=O)Nc1cc2c3c(c1)CC(=O)N3CCC2)c1ccc(Cl)s1. The molecule has 0 saturated carbocycles. The summed E-state index contributed by atoms with van der Waals surface area (Å²) in [7, 11) is 1.53. The number of hydrogen-bond acceptors (Lipinski definition) is 5. The lowest BCUT2D eigenvalue weighted by Crippen LogP contribution is -2.38. The van der Waals surface area contributed by atoms with E-state index in [9.17, 15) is 14.4 Å². The first-order valence-corrected chi connectivity index (χ1v) is 10.5. The number of carbonyl (C=O) groups excluding carboxylic acids is 3. The first-order valence-electron chi connectivity index (χ1n) is 9.29. The second-order valence-electron chi connectivity index (χ2n) is 7.00. The van der Waals surface area contributed by atoms with E-state index in [1.165, 1.54) is 18.4 Å². The Morgan fingerprint density at radius 2 is 2.07 bits per heavy atom. The average molecular weight is 434 g/mol. The molecule has 152 valence electrons. The van der Waals surface area contributed by atoms with E-state index in [4.69, 9.17) is 16.3 Å². The molecule has 7 nitrogen and oxygen atoms in total. The van der Waals surface area contributed by atoms with Crippen LogP contribution in [0.5, 0.6) is 0 Å². The minimum atomic E-state index is -0.756. The van der Waals surface area contributed by atoms with Crippen molar-refractivity contribution in [2.45, 2.75) is 25.4 Å². The van der Waals surface area contributed by atoms with E-state index in [1.807, 2.05) is 17.0 Å². The quantitative estimate of drug-likeness (QED) is 0.709. The molecule has 2 aromatic rings.